The Hall–Kier alpha value is -1.29. The van der Waals surface area contributed by atoms with Crippen LogP contribution in [-0.2, 0) is 11.3 Å². The molecular weight excluding hydrogens is 313 g/mol. The molecule has 1 unspecified atom stereocenters. The number of allylic oxidation sites excluding steroid dienone is 1. The first-order valence-corrected chi connectivity index (χ1v) is 8.89. The number of unbranched alkanes of at least 4 members (excludes halogenated alkanes) is 4. The maximum atomic E-state index is 13.0. The maximum absolute atomic E-state index is 13.0. The van der Waals surface area contributed by atoms with E-state index in [2.05, 4.69) is 6.92 Å². The van der Waals surface area contributed by atoms with Crippen LogP contribution < -0.4 is 0 Å². The Morgan fingerprint density at radius 3 is 2.42 bits per heavy atom. The molecule has 0 saturated carbocycles. The van der Waals surface area contributed by atoms with Crippen molar-refractivity contribution in [1.82, 2.24) is 0 Å². The van der Waals surface area contributed by atoms with Gasteiger partial charge in [-0.05, 0) is 18.4 Å². The second-order valence-corrected chi connectivity index (χ2v) is 6.11. The van der Waals surface area contributed by atoms with E-state index in [-0.39, 0.29) is 6.42 Å². The second-order valence-electron chi connectivity index (χ2n) is 6.11. The van der Waals surface area contributed by atoms with Crippen molar-refractivity contribution in [2.75, 3.05) is 6.61 Å². The largest absolute Gasteiger partial charge is 0.395 e. The van der Waals surface area contributed by atoms with Gasteiger partial charge in [0.25, 0.3) is 0 Å². The lowest BCUT2D eigenvalue weighted by Crippen LogP contribution is -2.20. The third kappa shape index (κ3) is 9.76. The first kappa shape index (κ1) is 20.8. The first-order chi connectivity index (χ1) is 11.5. The molecule has 0 amide bonds. The predicted molar refractivity (Wildman–Crippen MR) is 92.8 cm³/mol. The van der Waals surface area contributed by atoms with E-state index < -0.39 is 12.1 Å². The molecule has 136 valence electrons. The van der Waals surface area contributed by atoms with E-state index in [0.717, 1.165) is 31.2 Å². The quantitative estimate of drug-likeness (QED) is 0.304. The fraction of sp³-hybridized carbons (Fsp3) is 0.600. The Morgan fingerprint density at radius 2 is 1.75 bits per heavy atom. The average molecular weight is 342 g/mol. The summed E-state index contributed by atoms with van der Waals surface area (Å²) in [5, 5.41) is 0. The minimum absolute atomic E-state index is 0.189. The van der Waals surface area contributed by atoms with Gasteiger partial charge in [-0.2, -0.15) is 13.2 Å². The molecule has 0 bridgehead atoms. The van der Waals surface area contributed by atoms with Gasteiger partial charge in [0.2, 0.25) is 0 Å². The van der Waals surface area contributed by atoms with Gasteiger partial charge < -0.3 is 4.74 Å². The van der Waals surface area contributed by atoms with Crippen molar-refractivity contribution in [3.63, 3.8) is 0 Å². The van der Waals surface area contributed by atoms with Crippen molar-refractivity contribution >= 4 is 0 Å². The van der Waals surface area contributed by atoms with Crippen LogP contribution in [0, 0.1) is 5.92 Å². The summed E-state index contributed by atoms with van der Waals surface area (Å²) in [7, 11) is 0. The lowest BCUT2D eigenvalue weighted by atomic mass is 9.99. The molecule has 0 aromatic heterocycles. The molecule has 0 aliphatic heterocycles. The molecule has 0 heterocycles. The van der Waals surface area contributed by atoms with E-state index in [1.807, 2.05) is 30.3 Å². The van der Waals surface area contributed by atoms with Crippen LogP contribution in [0.3, 0.4) is 0 Å². The highest BCUT2D eigenvalue weighted by Gasteiger charge is 2.36. The normalized spacial score (nSPS) is 13.5. The smallest absolute Gasteiger partial charge is 0.376 e. The molecule has 0 aliphatic rings. The van der Waals surface area contributed by atoms with Gasteiger partial charge in [-0.25, -0.2) is 0 Å². The molecule has 1 aromatic rings. The SMILES string of the molecule is CCCCCCCC(/C=C/CCOCc1ccccc1)C(F)(F)F. The molecule has 0 radical (unpaired) electrons. The van der Waals surface area contributed by atoms with Crippen molar-refractivity contribution in [2.45, 2.75) is 64.7 Å². The highest BCUT2D eigenvalue weighted by molar-refractivity contribution is 5.13. The third-order valence-electron chi connectivity index (χ3n) is 3.95. The van der Waals surface area contributed by atoms with Crippen LogP contribution in [0.1, 0.15) is 57.4 Å². The highest BCUT2D eigenvalue weighted by Crippen LogP contribution is 2.31. The number of hydrogen-bond acceptors (Lipinski definition) is 1. The fourth-order valence-corrected chi connectivity index (χ4v) is 2.51. The summed E-state index contributed by atoms with van der Waals surface area (Å²) in [6, 6.07) is 9.74. The van der Waals surface area contributed by atoms with Gasteiger partial charge in [0.05, 0.1) is 19.1 Å². The number of alkyl halides is 3. The van der Waals surface area contributed by atoms with Crippen LogP contribution in [0.4, 0.5) is 13.2 Å². The molecule has 0 N–H and O–H groups in total. The van der Waals surface area contributed by atoms with Crippen molar-refractivity contribution in [3.8, 4) is 0 Å². The standard InChI is InChI=1S/C20H29F3O/c1-2-3-4-5-9-14-19(20(21,22)23)15-10-11-16-24-17-18-12-7-6-8-13-18/h6-8,10,12-13,15,19H,2-5,9,11,14,16-17H2,1H3/b15-10+. The molecule has 4 heteroatoms. The Bertz CT molecular complexity index is 440. The van der Waals surface area contributed by atoms with E-state index in [1.54, 1.807) is 6.08 Å². The lowest BCUT2D eigenvalue weighted by molar-refractivity contribution is -0.162. The number of benzene rings is 1. The number of halogens is 3. The van der Waals surface area contributed by atoms with E-state index in [1.165, 1.54) is 6.08 Å². The van der Waals surface area contributed by atoms with E-state index in [0.29, 0.717) is 26.1 Å². The summed E-state index contributed by atoms with van der Waals surface area (Å²) in [4.78, 5) is 0. The Balaban J connectivity index is 2.23. The number of rotatable bonds is 12. The minimum Gasteiger partial charge on any atom is -0.376 e. The second kappa shape index (κ2) is 12.1. The summed E-state index contributed by atoms with van der Waals surface area (Å²) in [6.45, 7) is 3.03. The highest BCUT2D eigenvalue weighted by atomic mass is 19.4. The van der Waals surface area contributed by atoms with Crippen LogP contribution in [0.15, 0.2) is 42.5 Å². The molecule has 1 nitrogen and oxygen atoms in total. The third-order valence-corrected chi connectivity index (χ3v) is 3.95. The zero-order valence-corrected chi connectivity index (χ0v) is 14.5. The zero-order valence-electron chi connectivity index (χ0n) is 14.5. The lowest BCUT2D eigenvalue weighted by Gasteiger charge is -2.16. The molecular formula is C20H29F3O. The van der Waals surface area contributed by atoms with Crippen molar-refractivity contribution < 1.29 is 17.9 Å². The van der Waals surface area contributed by atoms with Gasteiger partial charge in [-0.1, -0.05) is 81.5 Å². The van der Waals surface area contributed by atoms with Gasteiger partial charge in [-0.15, -0.1) is 0 Å². The van der Waals surface area contributed by atoms with Gasteiger partial charge in [0.1, 0.15) is 0 Å². The minimum atomic E-state index is -4.15. The zero-order chi connectivity index (χ0) is 17.7. The number of ether oxygens (including phenoxy) is 1. The fourth-order valence-electron chi connectivity index (χ4n) is 2.51. The first-order valence-electron chi connectivity index (χ1n) is 8.89. The Labute approximate surface area is 143 Å². The van der Waals surface area contributed by atoms with Crippen molar-refractivity contribution in [3.05, 3.63) is 48.0 Å². The summed E-state index contributed by atoms with van der Waals surface area (Å²) in [5.74, 6) is -1.33. The van der Waals surface area contributed by atoms with Gasteiger partial charge >= 0.3 is 6.18 Å². The molecule has 0 fully saturated rings. The van der Waals surface area contributed by atoms with E-state index >= 15 is 0 Å². The molecule has 1 atom stereocenters. The van der Waals surface area contributed by atoms with Gasteiger partial charge in [0.15, 0.2) is 0 Å². The summed E-state index contributed by atoms with van der Waals surface area (Å²) < 4.78 is 44.5. The van der Waals surface area contributed by atoms with E-state index in [9.17, 15) is 13.2 Å². The van der Waals surface area contributed by atoms with Crippen LogP contribution >= 0.6 is 0 Å². The average Bonchev–Trinajstić information content (AvgIpc) is 2.55. The van der Waals surface area contributed by atoms with E-state index in [4.69, 9.17) is 4.74 Å². The van der Waals surface area contributed by atoms with Crippen LogP contribution in [0.2, 0.25) is 0 Å². The summed E-state index contributed by atoms with van der Waals surface area (Å²) in [6.07, 6.45) is 4.22. The van der Waals surface area contributed by atoms with Gasteiger partial charge in [-0.3, -0.25) is 0 Å². The molecule has 0 saturated heterocycles. The maximum Gasteiger partial charge on any atom is 0.395 e. The van der Waals surface area contributed by atoms with Gasteiger partial charge in [0, 0.05) is 0 Å². The molecule has 0 aliphatic carbocycles. The monoisotopic (exact) mass is 342 g/mol. The van der Waals surface area contributed by atoms with Crippen LogP contribution in [-0.4, -0.2) is 12.8 Å². The molecule has 1 aromatic carbocycles. The Kier molecular flexibility index (Phi) is 10.5. The summed E-state index contributed by atoms with van der Waals surface area (Å²) >= 11 is 0. The van der Waals surface area contributed by atoms with Crippen molar-refractivity contribution in [1.29, 1.82) is 0 Å². The Morgan fingerprint density at radius 1 is 1.04 bits per heavy atom. The summed E-state index contributed by atoms with van der Waals surface area (Å²) in [5.41, 5.74) is 1.07. The van der Waals surface area contributed by atoms with Crippen LogP contribution in [0.25, 0.3) is 0 Å². The number of hydrogen-bond donors (Lipinski definition) is 0. The van der Waals surface area contributed by atoms with Crippen LogP contribution in [0.5, 0.6) is 0 Å². The molecule has 24 heavy (non-hydrogen) atoms. The predicted octanol–water partition coefficient (Wildman–Crippen LogP) is 6.69. The molecule has 0 spiro atoms. The van der Waals surface area contributed by atoms with Crippen molar-refractivity contribution in [2.24, 2.45) is 5.92 Å². The topological polar surface area (TPSA) is 9.23 Å². The molecule has 1 rings (SSSR count).